The van der Waals surface area contributed by atoms with Crippen molar-refractivity contribution in [2.45, 2.75) is 31.9 Å². The summed E-state index contributed by atoms with van der Waals surface area (Å²) in [6, 6.07) is 9.32. The summed E-state index contributed by atoms with van der Waals surface area (Å²) in [6.45, 7) is 9.46. The van der Waals surface area contributed by atoms with Gasteiger partial charge in [-0.1, -0.05) is 24.3 Å². The van der Waals surface area contributed by atoms with Crippen LogP contribution in [0.5, 0.6) is 0 Å². The molecule has 1 aromatic rings. The maximum atomic E-state index is 5.79. The van der Waals surface area contributed by atoms with E-state index in [0.29, 0.717) is 6.04 Å². The Morgan fingerprint density at radius 2 is 2.21 bits per heavy atom. The van der Waals surface area contributed by atoms with Gasteiger partial charge in [0.25, 0.3) is 0 Å². The first-order valence-electron chi connectivity index (χ1n) is 7.32. The largest absolute Gasteiger partial charge is 0.373 e. The van der Waals surface area contributed by atoms with Crippen molar-refractivity contribution in [2.75, 3.05) is 32.8 Å². The molecular weight excluding hydrogens is 236 g/mol. The Balaban J connectivity index is 1.71. The quantitative estimate of drug-likeness (QED) is 0.880. The molecule has 1 saturated heterocycles. The topological polar surface area (TPSA) is 24.5 Å². The molecule has 3 heteroatoms. The molecule has 0 aliphatic carbocycles. The van der Waals surface area contributed by atoms with Crippen LogP contribution in [0.1, 0.15) is 31.0 Å². The monoisotopic (exact) mass is 260 g/mol. The Kier molecular flexibility index (Phi) is 3.61. The molecule has 1 N–H and O–H groups in total. The van der Waals surface area contributed by atoms with Gasteiger partial charge in [0.15, 0.2) is 0 Å². The van der Waals surface area contributed by atoms with Crippen LogP contribution < -0.4 is 5.32 Å². The van der Waals surface area contributed by atoms with E-state index >= 15 is 0 Å². The average Bonchev–Trinajstić information content (AvgIpc) is 2.38. The Labute approximate surface area is 115 Å². The second-order valence-corrected chi connectivity index (χ2v) is 6.30. The lowest BCUT2D eigenvalue weighted by Gasteiger charge is -2.40. The van der Waals surface area contributed by atoms with E-state index in [1.807, 2.05) is 0 Å². The van der Waals surface area contributed by atoms with Crippen molar-refractivity contribution in [3.05, 3.63) is 35.4 Å². The highest BCUT2D eigenvalue weighted by atomic mass is 16.5. The fraction of sp³-hybridized carbons (Fsp3) is 0.625. The van der Waals surface area contributed by atoms with Crippen LogP contribution in [-0.2, 0) is 11.2 Å². The van der Waals surface area contributed by atoms with E-state index in [-0.39, 0.29) is 5.60 Å². The number of benzene rings is 1. The smallest absolute Gasteiger partial charge is 0.0753 e. The third-order valence-corrected chi connectivity index (χ3v) is 4.16. The zero-order valence-electron chi connectivity index (χ0n) is 12.0. The minimum atomic E-state index is -0.00751. The number of ether oxygens (including phenoxy) is 1. The molecule has 0 radical (unpaired) electrons. The summed E-state index contributed by atoms with van der Waals surface area (Å²) < 4.78 is 5.79. The van der Waals surface area contributed by atoms with Crippen molar-refractivity contribution < 1.29 is 4.74 Å². The number of rotatable bonds is 2. The van der Waals surface area contributed by atoms with Gasteiger partial charge in [-0.3, -0.25) is 4.90 Å². The van der Waals surface area contributed by atoms with E-state index in [1.54, 1.807) is 0 Å². The first kappa shape index (κ1) is 13.1. The standard InChI is InChI=1S/C16H24N2O/c1-16(2)12-18(9-10-19-16)11-15-14-6-4-3-5-13(14)7-8-17-15/h3-6,15,17H,7-12H2,1-2H3. The highest BCUT2D eigenvalue weighted by Gasteiger charge is 2.29. The van der Waals surface area contributed by atoms with Gasteiger partial charge in [0.1, 0.15) is 0 Å². The lowest BCUT2D eigenvalue weighted by molar-refractivity contribution is -0.0877. The van der Waals surface area contributed by atoms with Crippen LogP contribution in [0.2, 0.25) is 0 Å². The lowest BCUT2D eigenvalue weighted by Crippen LogP contribution is -2.51. The number of morpholine rings is 1. The summed E-state index contributed by atoms with van der Waals surface area (Å²) in [5, 5.41) is 3.67. The molecule has 0 spiro atoms. The third-order valence-electron chi connectivity index (χ3n) is 4.16. The first-order chi connectivity index (χ1) is 9.14. The molecule has 2 heterocycles. The van der Waals surface area contributed by atoms with E-state index in [4.69, 9.17) is 4.74 Å². The zero-order valence-corrected chi connectivity index (χ0v) is 12.0. The highest BCUT2D eigenvalue weighted by Crippen LogP contribution is 2.25. The third kappa shape index (κ3) is 2.99. The van der Waals surface area contributed by atoms with Gasteiger partial charge in [0.2, 0.25) is 0 Å². The first-order valence-corrected chi connectivity index (χ1v) is 7.32. The molecule has 19 heavy (non-hydrogen) atoms. The zero-order chi connectivity index (χ0) is 13.3. The maximum Gasteiger partial charge on any atom is 0.0753 e. The molecular formula is C16H24N2O. The van der Waals surface area contributed by atoms with Crippen LogP contribution in [0.4, 0.5) is 0 Å². The Hall–Kier alpha value is -0.900. The molecule has 1 unspecified atom stereocenters. The number of hydrogen-bond acceptors (Lipinski definition) is 3. The molecule has 1 fully saturated rings. The second-order valence-electron chi connectivity index (χ2n) is 6.30. The summed E-state index contributed by atoms with van der Waals surface area (Å²) in [5.74, 6) is 0. The molecule has 2 aliphatic heterocycles. The number of hydrogen-bond donors (Lipinski definition) is 1. The maximum absolute atomic E-state index is 5.79. The van der Waals surface area contributed by atoms with Gasteiger partial charge in [-0.15, -0.1) is 0 Å². The molecule has 3 rings (SSSR count). The Morgan fingerprint density at radius 1 is 1.37 bits per heavy atom. The van der Waals surface area contributed by atoms with Gasteiger partial charge in [0.05, 0.1) is 12.2 Å². The lowest BCUT2D eigenvalue weighted by atomic mass is 9.93. The molecule has 0 aromatic heterocycles. The van der Waals surface area contributed by atoms with Gasteiger partial charge in [-0.05, 0) is 37.9 Å². The average molecular weight is 260 g/mol. The van der Waals surface area contributed by atoms with Crippen LogP contribution in [0.25, 0.3) is 0 Å². The molecule has 0 saturated carbocycles. The van der Waals surface area contributed by atoms with Crippen molar-refractivity contribution in [3.8, 4) is 0 Å². The summed E-state index contributed by atoms with van der Waals surface area (Å²) in [7, 11) is 0. The van der Waals surface area contributed by atoms with E-state index in [0.717, 1.165) is 39.2 Å². The van der Waals surface area contributed by atoms with Gasteiger partial charge < -0.3 is 10.1 Å². The molecule has 1 aromatic carbocycles. The van der Waals surface area contributed by atoms with Crippen molar-refractivity contribution in [2.24, 2.45) is 0 Å². The van der Waals surface area contributed by atoms with Crippen molar-refractivity contribution in [1.29, 1.82) is 0 Å². The number of nitrogens with one attached hydrogen (secondary N) is 1. The van der Waals surface area contributed by atoms with E-state index in [1.165, 1.54) is 11.1 Å². The predicted octanol–water partition coefficient (Wildman–Crippen LogP) is 1.98. The fourth-order valence-electron chi connectivity index (χ4n) is 3.28. The highest BCUT2D eigenvalue weighted by molar-refractivity contribution is 5.32. The summed E-state index contributed by atoms with van der Waals surface area (Å²) >= 11 is 0. The predicted molar refractivity (Wildman–Crippen MR) is 77.4 cm³/mol. The SMILES string of the molecule is CC1(C)CN(CC2NCCc3ccccc32)CCO1. The van der Waals surface area contributed by atoms with Gasteiger partial charge >= 0.3 is 0 Å². The number of nitrogens with zero attached hydrogens (tertiary/aromatic N) is 1. The molecule has 1 atom stereocenters. The molecule has 3 nitrogen and oxygen atoms in total. The van der Waals surface area contributed by atoms with E-state index < -0.39 is 0 Å². The van der Waals surface area contributed by atoms with Gasteiger partial charge in [-0.2, -0.15) is 0 Å². The molecule has 0 amide bonds. The minimum Gasteiger partial charge on any atom is -0.373 e. The normalized spacial score (nSPS) is 26.9. The molecule has 104 valence electrons. The van der Waals surface area contributed by atoms with Crippen LogP contribution in [0.3, 0.4) is 0 Å². The van der Waals surface area contributed by atoms with Gasteiger partial charge in [0, 0.05) is 25.7 Å². The van der Waals surface area contributed by atoms with Crippen molar-refractivity contribution in [1.82, 2.24) is 10.2 Å². The van der Waals surface area contributed by atoms with E-state index in [9.17, 15) is 0 Å². The summed E-state index contributed by atoms with van der Waals surface area (Å²) in [4.78, 5) is 2.53. The van der Waals surface area contributed by atoms with Crippen molar-refractivity contribution in [3.63, 3.8) is 0 Å². The van der Waals surface area contributed by atoms with Crippen LogP contribution >= 0.6 is 0 Å². The fourth-order valence-corrected chi connectivity index (χ4v) is 3.28. The summed E-state index contributed by atoms with van der Waals surface area (Å²) in [6.07, 6.45) is 1.15. The van der Waals surface area contributed by atoms with Crippen LogP contribution in [0, 0.1) is 0 Å². The van der Waals surface area contributed by atoms with E-state index in [2.05, 4.69) is 48.3 Å². The van der Waals surface area contributed by atoms with Gasteiger partial charge in [-0.25, -0.2) is 0 Å². The molecule has 2 aliphatic rings. The molecule has 0 bridgehead atoms. The van der Waals surface area contributed by atoms with Crippen LogP contribution in [-0.4, -0.2) is 43.3 Å². The number of fused-ring (bicyclic) bond motifs is 1. The Morgan fingerprint density at radius 3 is 3.05 bits per heavy atom. The second kappa shape index (κ2) is 5.23. The Bertz CT molecular complexity index is 444. The van der Waals surface area contributed by atoms with Crippen LogP contribution in [0.15, 0.2) is 24.3 Å². The minimum absolute atomic E-state index is 0.00751. The van der Waals surface area contributed by atoms with Crippen molar-refractivity contribution >= 4 is 0 Å². The summed E-state index contributed by atoms with van der Waals surface area (Å²) in [5.41, 5.74) is 2.99.